The van der Waals surface area contributed by atoms with Crippen LogP contribution in [0.2, 0.25) is 0 Å². The van der Waals surface area contributed by atoms with Crippen LogP contribution in [0.15, 0.2) is 102 Å². The average Bonchev–Trinajstić information content (AvgIpc) is 3.15. The first kappa shape index (κ1) is 15.8. The molecule has 1 aromatic heterocycles. The summed E-state index contributed by atoms with van der Waals surface area (Å²) in [5, 5.41) is 0. The molecule has 27 heavy (non-hydrogen) atoms. The molecule has 1 aliphatic rings. The minimum absolute atomic E-state index is 0.197. The number of benzene rings is 3. The zero-order valence-electron chi connectivity index (χ0n) is 14.6. The van der Waals surface area contributed by atoms with Crippen molar-refractivity contribution in [1.29, 1.82) is 0 Å². The molecule has 3 heteroatoms. The summed E-state index contributed by atoms with van der Waals surface area (Å²) >= 11 is 0. The lowest BCUT2D eigenvalue weighted by Gasteiger charge is -2.16. The second-order valence-corrected chi connectivity index (χ2v) is 6.59. The third-order valence-electron chi connectivity index (χ3n) is 4.98. The first-order valence-electron chi connectivity index (χ1n) is 8.97. The molecule has 0 amide bonds. The van der Waals surface area contributed by atoms with Crippen molar-refractivity contribution >= 4 is 5.71 Å². The van der Waals surface area contributed by atoms with Crippen LogP contribution in [-0.4, -0.2) is 10.3 Å². The topological polar surface area (TPSA) is 17.3 Å². The maximum Gasteiger partial charge on any atom is 0.132 e. The Balaban J connectivity index is 1.84. The highest BCUT2D eigenvalue weighted by Gasteiger charge is 2.26. The third-order valence-corrected chi connectivity index (χ3v) is 4.98. The summed E-state index contributed by atoms with van der Waals surface area (Å²) in [4.78, 5) is 5.09. The molecule has 0 radical (unpaired) electrons. The highest BCUT2D eigenvalue weighted by molar-refractivity contribution is 6.13. The molecule has 130 valence electrons. The van der Waals surface area contributed by atoms with Crippen molar-refractivity contribution in [3.8, 4) is 5.69 Å². The molecule has 0 bridgehead atoms. The number of aromatic nitrogens is 1. The molecule has 0 aliphatic carbocycles. The molecule has 1 atom stereocenters. The number of hydrogen-bond acceptors (Lipinski definition) is 1. The molecule has 0 saturated carbocycles. The van der Waals surface area contributed by atoms with E-state index >= 15 is 0 Å². The Bertz CT molecular complexity index is 1140. The highest BCUT2D eigenvalue weighted by Crippen LogP contribution is 2.36. The first-order chi connectivity index (χ1) is 13.3. The summed E-state index contributed by atoms with van der Waals surface area (Å²) in [6.45, 7) is 0. The van der Waals surface area contributed by atoms with Gasteiger partial charge in [-0.25, -0.2) is 4.39 Å². The van der Waals surface area contributed by atoms with Gasteiger partial charge in [-0.3, -0.25) is 4.99 Å². The van der Waals surface area contributed by atoms with E-state index in [-0.39, 0.29) is 11.9 Å². The number of para-hydroxylation sites is 1. The lowest BCUT2D eigenvalue weighted by atomic mass is 9.97. The van der Waals surface area contributed by atoms with Crippen LogP contribution < -0.4 is 0 Å². The molecule has 3 aromatic carbocycles. The number of hydrogen-bond donors (Lipinski definition) is 0. The zero-order chi connectivity index (χ0) is 18.2. The number of aliphatic imine (C=N–C) groups is 1. The maximum absolute atomic E-state index is 14.7. The van der Waals surface area contributed by atoms with Crippen molar-refractivity contribution in [2.24, 2.45) is 4.99 Å². The molecule has 0 N–H and O–H groups in total. The number of halogens is 1. The second kappa shape index (κ2) is 6.36. The Labute approximate surface area is 157 Å². The van der Waals surface area contributed by atoms with E-state index in [0.29, 0.717) is 11.3 Å². The Morgan fingerprint density at radius 1 is 0.741 bits per heavy atom. The van der Waals surface area contributed by atoms with Crippen LogP contribution in [0.25, 0.3) is 5.69 Å². The molecule has 0 fully saturated rings. The van der Waals surface area contributed by atoms with Crippen molar-refractivity contribution in [3.63, 3.8) is 0 Å². The fraction of sp³-hybridized carbons (Fsp3) is 0.0417. The van der Waals surface area contributed by atoms with Gasteiger partial charge < -0.3 is 4.57 Å². The van der Waals surface area contributed by atoms with Gasteiger partial charge in [-0.2, -0.15) is 0 Å². The molecule has 2 heterocycles. The van der Waals surface area contributed by atoms with E-state index in [1.54, 1.807) is 12.1 Å². The summed E-state index contributed by atoms with van der Waals surface area (Å²) in [6.07, 6.45) is 2.01. The number of fused-ring (bicyclic) bond motifs is 3. The van der Waals surface area contributed by atoms with Gasteiger partial charge in [0.05, 0.1) is 17.1 Å². The van der Waals surface area contributed by atoms with Gasteiger partial charge in [-0.1, -0.05) is 60.7 Å². The summed E-state index contributed by atoms with van der Waals surface area (Å²) in [5.74, 6) is -0.262. The van der Waals surface area contributed by atoms with Gasteiger partial charge in [0.25, 0.3) is 0 Å². The monoisotopic (exact) mass is 352 g/mol. The second-order valence-electron chi connectivity index (χ2n) is 6.59. The van der Waals surface area contributed by atoms with Gasteiger partial charge in [0.1, 0.15) is 11.9 Å². The van der Waals surface area contributed by atoms with Crippen molar-refractivity contribution < 1.29 is 4.39 Å². The normalized spacial score (nSPS) is 15.4. The van der Waals surface area contributed by atoms with Crippen LogP contribution in [0.1, 0.15) is 28.4 Å². The third kappa shape index (κ3) is 2.59. The van der Waals surface area contributed by atoms with Gasteiger partial charge >= 0.3 is 0 Å². The molecular weight excluding hydrogens is 335 g/mol. The fourth-order valence-corrected chi connectivity index (χ4v) is 3.74. The van der Waals surface area contributed by atoms with Crippen LogP contribution in [0.5, 0.6) is 0 Å². The van der Waals surface area contributed by atoms with Crippen LogP contribution in [0, 0.1) is 5.82 Å². The van der Waals surface area contributed by atoms with Gasteiger partial charge in [-0.15, -0.1) is 0 Å². The van der Waals surface area contributed by atoms with E-state index in [0.717, 1.165) is 22.5 Å². The number of rotatable bonds is 2. The van der Waals surface area contributed by atoms with Crippen molar-refractivity contribution in [2.75, 3.05) is 0 Å². The van der Waals surface area contributed by atoms with E-state index in [1.165, 1.54) is 6.07 Å². The predicted octanol–water partition coefficient (Wildman–Crippen LogP) is 5.56. The van der Waals surface area contributed by atoms with E-state index < -0.39 is 0 Å². The first-order valence-corrected chi connectivity index (χ1v) is 8.97. The van der Waals surface area contributed by atoms with Gasteiger partial charge in [0, 0.05) is 17.3 Å². The number of nitrogens with zero attached hydrogens (tertiary/aromatic N) is 2. The molecule has 2 nitrogen and oxygen atoms in total. The SMILES string of the molecule is Fc1ccccc1C1=NC(c2ccccc2)c2ccccc2-n2cccc21. The molecule has 4 aromatic rings. The van der Waals surface area contributed by atoms with Crippen molar-refractivity contribution in [3.05, 3.63) is 125 Å². The molecule has 5 rings (SSSR count). The fourth-order valence-electron chi connectivity index (χ4n) is 3.74. The van der Waals surface area contributed by atoms with Gasteiger partial charge in [-0.05, 0) is 35.9 Å². The Hall–Kier alpha value is -3.46. The Kier molecular flexibility index (Phi) is 3.72. The maximum atomic E-state index is 14.7. The van der Waals surface area contributed by atoms with E-state index in [2.05, 4.69) is 28.8 Å². The van der Waals surface area contributed by atoms with Gasteiger partial charge in [0.2, 0.25) is 0 Å². The van der Waals surface area contributed by atoms with Crippen LogP contribution in [-0.2, 0) is 0 Å². The van der Waals surface area contributed by atoms with Crippen LogP contribution >= 0.6 is 0 Å². The van der Waals surface area contributed by atoms with Gasteiger partial charge in [0.15, 0.2) is 0 Å². The summed E-state index contributed by atoms with van der Waals surface area (Å²) in [5.41, 5.74) is 5.35. The molecule has 0 spiro atoms. The standard InChI is InChI=1S/C24H17FN2/c25-20-13-6-4-11-18(20)24-22-15-8-16-27(22)21-14-7-5-12-19(21)23(26-24)17-9-2-1-3-10-17/h1-16,23H. The summed E-state index contributed by atoms with van der Waals surface area (Å²) in [7, 11) is 0. The summed E-state index contributed by atoms with van der Waals surface area (Å²) in [6, 6.07) is 29.0. The summed E-state index contributed by atoms with van der Waals surface area (Å²) < 4.78 is 16.8. The van der Waals surface area contributed by atoms with E-state index in [9.17, 15) is 4.39 Å². The van der Waals surface area contributed by atoms with E-state index in [4.69, 9.17) is 4.99 Å². The zero-order valence-corrected chi connectivity index (χ0v) is 14.6. The van der Waals surface area contributed by atoms with Crippen molar-refractivity contribution in [2.45, 2.75) is 6.04 Å². The Morgan fingerprint density at radius 2 is 1.48 bits per heavy atom. The van der Waals surface area contributed by atoms with Crippen LogP contribution in [0.4, 0.5) is 4.39 Å². The predicted molar refractivity (Wildman–Crippen MR) is 106 cm³/mol. The quantitative estimate of drug-likeness (QED) is 0.450. The minimum Gasteiger partial charge on any atom is -0.315 e. The molecule has 1 aliphatic heterocycles. The lowest BCUT2D eigenvalue weighted by Crippen LogP contribution is -2.10. The Morgan fingerprint density at radius 3 is 2.33 bits per heavy atom. The average molecular weight is 352 g/mol. The highest BCUT2D eigenvalue weighted by atomic mass is 19.1. The minimum atomic E-state index is -0.262. The van der Waals surface area contributed by atoms with Crippen molar-refractivity contribution in [1.82, 2.24) is 4.57 Å². The largest absolute Gasteiger partial charge is 0.315 e. The smallest absolute Gasteiger partial charge is 0.132 e. The van der Waals surface area contributed by atoms with E-state index in [1.807, 2.05) is 54.7 Å². The molecular formula is C24H17FN2. The van der Waals surface area contributed by atoms with Crippen LogP contribution in [0.3, 0.4) is 0 Å². The lowest BCUT2D eigenvalue weighted by molar-refractivity contribution is 0.625. The molecule has 0 saturated heterocycles. The molecule has 1 unspecified atom stereocenters.